The lowest BCUT2D eigenvalue weighted by Crippen LogP contribution is -1.99. The van der Waals surface area contributed by atoms with E-state index >= 15 is 0 Å². The lowest BCUT2D eigenvalue weighted by atomic mass is 9.96. The van der Waals surface area contributed by atoms with Gasteiger partial charge in [-0.15, -0.1) is 0 Å². The molecule has 17 heavy (non-hydrogen) atoms. The molecule has 2 aliphatic rings. The lowest BCUT2D eigenvalue weighted by molar-refractivity contribution is 0.605. The maximum absolute atomic E-state index is 11.5. The molecule has 2 nitrogen and oxygen atoms in total. The van der Waals surface area contributed by atoms with Crippen molar-refractivity contribution in [3.8, 4) is 11.1 Å². The van der Waals surface area contributed by atoms with E-state index in [0.29, 0.717) is 0 Å². The molecular weight excluding hydrogens is 212 g/mol. The van der Waals surface area contributed by atoms with Crippen LogP contribution in [0.25, 0.3) is 22.1 Å². The number of hydrogen-bond acceptors (Lipinski definition) is 2. The predicted octanol–water partition coefficient (Wildman–Crippen LogP) is 3.51. The maximum Gasteiger partial charge on any atom is 0.179 e. The predicted molar refractivity (Wildman–Crippen MR) is 68.6 cm³/mol. The van der Waals surface area contributed by atoms with Gasteiger partial charge in [0, 0.05) is 10.9 Å². The minimum absolute atomic E-state index is 0.0332. The number of aryl methyl sites for hydroxylation is 2. The highest BCUT2D eigenvalue weighted by atomic mass is 16.3. The summed E-state index contributed by atoms with van der Waals surface area (Å²) in [4.78, 5) is 11.5. The zero-order chi connectivity index (χ0) is 12.0. The second-order valence-electron chi connectivity index (χ2n) is 4.37. The Morgan fingerprint density at radius 1 is 1.06 bits per heavy atom. The first-order chi connectivity index (χ1) is 8.16. The van der Waals surface area contributed by atoms with Gasteiger partial charge in [0.1, 0.15) is 5.58 Å². The van der Waals surface area contributed by atoms with Crippen molar-refractivity contribution in [1.82, 2.24) is 0 Å². The van der Waals surface area contributed by atoms with Crippen LogP contribution < -0.4 is 5.43 Å². The highest BCUT2D eigenvalue weighted by Crippen LogP contribution is 2.32. The van der Waals surface area contributed by atoms with E-state index in [2.05, 4.69) is 13.8 Å². The van der Waals surface area contributed by atoms with Crippen LogP contribution >= 0.6 is 0 Å². The van der Waals surface area contributed by atoms with Crippen LogP contribution in [0.5, 0.6) is 0 Å². The second-order valence-corrected chi connectivity index (χ2v) is 4.37. The summed E-state index contributed by atoms with van der Waals surface area (Å²) in [6.45, 7) is 4.12. The number of hydrogen-bond donors (Lipinski definition) is 0. The summed E-state index contributed by atoms with van der Waals surface area (Å²) in [6.07, 6.45) is 1.70. The first-order valence-corrected chi connectivity index (χ1v) is 5.58. The molecule has 84 valence electrons. The van der Waals surface area contributed by atoms with Crippen molar-refractivity contribution in [3.63, 3.8) is 0 Å². The third-order valence-corrected chi connectivity index (χ3v) is 3.30. The largest absolute Gasteiger partial charge is 0.464 e. The Kier molecular flexibility index (Phi) is 2.05. The van der Waals surface area contributed by atoms with Crippen LogP contribution in [0.3, 0.4) is 0 Å². The zero-order valence-corrected chi connectivity index (χ0v) is 9.78. The highest BCUT2D eigenvalue weighted by molar-refractivity contribution is 5.96. The van der Waals surface area contributed by atoms with E-state index in [1.165, 1.54) is 11.1 Å². The fourth-order valence-electron chi connectivity index (χ4n) is 2.21. The fourth-order valence-corrected chi connectivity index (χ4v) is 2.21. The van der Waals surface area contributed by atoms with Crippen molar-refractivity contribution in [2.24, 2.45) is 0 Å². The van der Waals surface area contributed by atoms with Gasteiger partial charge in [-0.05, 0) is 54.8 Å². The molecule has 2 heteroatoms. The maximum atomic E-state index is 11.5. The van der Waals surface area contributed by atoms with E-state index in [1.807, 2.05) is 18.2 Å². The summed E-state index contributed by atoms with van der Waals surface area (Å²) in [5.74, 6) is 0. The third-order valence-electron chi connectivity index (χ3n) is 3.30. The molecule has 1 aromatic rings. The minimum Gasteiger partial charge on any atom is -0.464 e. The van der Waals surface area contributed by atoms with E-state index in [-0.39, 0.29) is 5.43 Å². The van der Waals surface area contributed by atoms with E-state index in [0.717, 1.165) is 22.1 Å². The first kappa shape index (κ1) is 10.1. The average Bonchev–Trinajstić information content (AvgIpc) is 2.33. The van der Waals surface area contributed by atoms with Crippen LogP contribution in [-0.2, 0) is 0 Å². The van der Waals surface area contributed by atoms with Gasteiger partial charge < -0.3 is 4.42 Å². The Balaban J connectivity index is 2.60. The van der Waals surface area contributed by atoms with Crippen LogP contribution in [0, 0.1) is 13.8 Å². The molecule has 1 aromatic carbocycles. The number of fused-ring (bicyclic) bond motifs is 3. The summed E-state index contributed by atoms with van der Waals surface area (Å²) < 4.78 is 5.60. The Labute approximate surface area is 98.8 Å². The molecule has 0 unspecified atom stereocenters. The Bertz CT molecular complexity index is 738. The van der Waals surface area contributed by atoms with E-state index in [1.54, 1.807) is 18.4 Å². The van der Waals surface area contributed by atoms with Crippen molar-refractivity contribution in [3.05, 3.63) is 57.9 Å². The quantitative estimate of drug-likeness (QED) is 0.547. The van der Waals surface area contributed by atoms with Crippen LogP contribution in [0.15, 0.2) is 45.8 Å². The molecule has 0 saturated heterocycles. The van der Waals surface area contributed by atoms with Gasteiger partial charge in [0.15, 0.2) is 5.43 Å². The molecule has 0 spiro atoms. The minimum atomic E-state index is 0.0332. The number of benzene rings is 2. The molecule has 1 aliphatic heterocycles. The van der Waals surface area contributed by atoms with Crippen molar-refractivity contribution >= 4 is 11.0 Å². The Morgan fingerprint density at radius 2 is 1.88 bits per heavy atom. The van der Waals surface area contributed by atoms with Gasteiger partial charge in [0.05, 0.1) is 6.26 Å². The van der Waals surface area contributed by atoms with Gasteiger partial charge in [-0.2, -0.15) is 0 Å². The van der Waals surface area contributed by atoms with Gasteiger partial charge in [-0.1, -0.05) is 6.07 Å². The van der Waals surface area contributed by atoms with Gasteiger partial charge in [-0.25, -0.2) is 0 Å². The Morgan fingerprint density at radius 3 is 2.71 bits per heavy atom. The van der Waals surface area contributed by atoms with E-state index < -0.39 is 0 Å². The highest BCUT2D eigenvalue weighted by Gasteiger charge is 2.11. The second kappa shape index (κ2) is 3.45. The van der Waals surface area contributed by atoms with Crippen LogP contribution in [0.2, 0.25) is 0 Å². The molecule has 0 atom stereocenters. The molecule has 0 fully saturated rings. The van der Waals surface area contributed by atoms with E-state index in [9.17, 15) is 4.79 Å². The Hall–Kier alpha value is -2.09. The van der Waals surface area contributed by atoms with Crippen molar-refractivity contribution in [2.45, 2.75) is 13.8 Å². The van der Waals surface area contributed by atoms with Gasteiger partial charge >= 0.3 is 0 Å². The summed E-state index contributed by atoms with van der Waals surface area (Å²) in [6, 6.07) is 9.04. The molecule has 0 radical (unpaired) electrons. The summed E-state index contributed by atoms with van der Waals surface area (Å²) in [7, 11) is 0. The van der Waals surface area contributed by atoms with Crippen molar-refractivity contribution in [2.75, 3.05) is 0 Å². The van der Waals surface area contributed by atoms with Gasteiger partial charge in [0.2, 0.25) is 0 Å². The average molecular weight is 224 g/mol. The normalized spacial score (nSPS) is 11.2. The molecule has 0 saturated carbocycles. The molecule has 0 N–H and O–H groups in total. The molecule has 1 aliphatic carbocycles. The third kappa shape index (κ3) is 1.45. The first-order valence-electron chi connectivity index (χ1n) is 5.58. The molecule has 0 bridgehead atoms. The van der Waals surface area contributed by atoms with Crippen LogP contribution in [0.4, 0.5) is 0 Å². The van der Waals surface area contributed by atoms with Crippen molar-refractivity contribution < 1.29 is 4.42 Å². The lowest BCUT2D eigenvalue weighted by Gasteiger charge is -2.11. The molecule has 0 amide bonds. The topological polar surface area (TPSA) is 30.2 Å². The SMILES string of the molecule is Cc1ccc2occ3ccc(=O)cc-3c2c1C. The van der Waals surface area contributed by atoms with Gasteiger partial charge in [-0.3, -0.25) is 4.79 Å². The van der Waals surface area contributed by atoms with Crippen molar-refractivity contribution in [1.29, 1.82) is 0 Å². The van der Waals surface area contributed by atoms with Gasteiger partial charge in [0.25, 0.3) is 0 Å². The molecular formula is C15H12O2. The summed E-state index contributed by atoms with van der Waals surface area (Å²) in [5.41, 5.74) is 5.17. The zero-order valence-electron chi connectivity index (χ0n) is 9.78. The number of rotatable bonds is 0. The standard InChI is InChI=1S/C15H12O2/c1-9-3-6-14-15(10(9)2)13-7-12(16)5-4-11(13)8-17-14/h3-8H,1-2H3. The summed E-state index contributed by atoms with van der Waals surface area (Å²) >= 11 is 0. The smallest absolute Gasteiger partial charge is 0.179 e. The molecule has 3 rings (SSSR count). The molecule has 0 aromatic heterocycles. The summed E-state index contributed by atoms with van der Waals surface area (Å²) in [5, 5.41) is 1.04. The van der Waals surface area contributed by atoms with E-state index in [4.69, 9.17) is 4.42 Å². The monoisotopic (exact) mass is 224 g/mol. The fraction of sp³-hybridized carbons (Fsp3) is 0.133. The molecule has 1 heterocycles. The van der Waals surface area contributed by atoms with Crippen LogP contribution in [-0.4, -0.2) is 0 Å². The van der Waals surface area contributed by atoms with Crippen LogP contribution in [0.1, 0.15) is 11.1 Å².